The van der Waals surface area contributed by atoms with E-state index in [-0.39, 0.29) is 0 Å². The van der Waals surface area contributed by atoms with Crippen LogP contribution in [0.2, 0.25) is 0 Å². The lowest BCUT2D eigenvalue weighted by Crippen LogP contribution is -1.95. The summed E-state index contributed by atoms with van der Waals surface area (Å²) in [6, 6.07) is 5.24. The smallest absolute Gasteiger partial charge is 0.335 e. The van der Waals surface area contributed by atoms with Crippen LogP contribution in [0.5, 0.6) is 0 Å². The van der Waals surface area contributed by atoms with Crippen molar-refractivity contribution in [2.45, 2.75) is 18.8 Å². The molecular formula is C12H11NO2. The van der Waals surface area contributed by atoms with E-state index < -0.39 is 5.97 Å². The fraction of sp³-hybridized carbons (Fsp3) is 0.250. The third-order valence-corrected chi connectivity index (χ3v) is 2.98. The first-order chi connectivity index (χ1) is 7.25. The Kier molecular flexibility index (Phi) is 1.63. The van der Waals surface area contributed by atoms with E-state index in [4.69, 9.17) is 5.11 Å². The van der Waals surface area contributed by atoms with E-state index in [9.17, 15) is 4.79 Å². The lowest BCUT2D eigenvalue weighted by molar-refractivity contribution is 0.0697. The highest BCUT2D eigenvalue weighted by molar-refractivity contribution is 5.94. The number of carboxylic acid groups (broad SMARTS) is 1. The Bertz CT molecular complexity index is 538. The quantitative estimate of drug-likeness (QED) is 0.784. The van der Waals surface area contributed by atoms with Crippen molar-refractivity contribution in [3.05, 3.63) is 35.5 Å². The maximum absolute atomic E-state index is 10.9. The van der Waals surface area contributed by atoms with Crippen molar-refractivity contribution >= 4 is 16.9 Å². The maximum atomic E-state index is 10.9. The molecule has 1 saturated carbocycles. The van der Waals surface area contributed by atoms with Gasteiger partial charge in [0, 0.05) is 17.1 Å². The summed E-state index contributed by atoms with van der Waals surface area (Å²) in [6.07, 6.45) is 4.46. The van der Waals surface area contributed by atoms with Crippen molar-refractivity contribution in [3.8, 4) is 0 Å². The van der Waals surface area contributed by atoms with Crippen LogP contribution in [-0.2, 0) is 0 Å². The van der Waals surface area contributed by atoms with Crippen LogP contribution in [0.4, 0.5) is 0 Å². The fourth-order valence-corrected chi connectivity index (χ4v) is 2.01. The number of nitrogens with one attached hydrogen (secondary N) is 1. The molecule has 1 aromatic carbocycles. The van der Waals surface area contributed by atoms with Crippen LogP contribution < -0.4 is 0 Å². The summed E-state index contributed by atoms with van der Waals surface area (Å²) in [7, 11) is 0. The monoisotopic (exact) mass is 201 g/mol. The summed E-state index contributed by atoms with van der Waals surface area (Å²) in [4.78, 5) is 14.0. The molecule has 15 heavy (non-hydrogen) atoms. The van der Waals surface area contributed by atoms with Gasteiger partial charge in [-0.15, -0.1) is 0 Å². The minimum absolute atomic E-state index is 0.365. The molecule has 0 spiro atoms. The Labute approximate surface area is 86.7 Å². The zero-order chi connectivity index (χ0) is 10.4. The molecule has 3 heteroatoms. The second-order valence-electron chi connectivity index (χ2n) is 4.08. The standard InChI is InChI=1S/C12H11NO2/c14-12(15)8-3-4-11-9(5-8)10(6-13-11)7-1-2-7/h3-7,13H,1-2H2,(H,14,15). The highest BCUT2D eigenvalue weighted by atomic mass is 16.4. The fourth-order valence-electron chi connectivity index (χ4n) is 2.01. The van der Waals surface area contributed by atoms with Gasteiger partial charge in [0.1, 0.15) is 0 Å². The molecule has 2 N–H and O–H groups in total. The van der Waals surface area contributed by atoms with Gasteiger partial charge in [-0.25, -0.2) is 4.79 Å². The van der Waals surface area contributed by atoms with Gasteiger partial charge in [-0.3, -0.25) is 0 Å². The number of fused-ring (bicyclic) bond motifs is 1. The third kappa shape index (κ3) is 1.31. The van der Waals surface area contributed by atoms with Crippen molar-refractivity contribution in [1.82, 2.24) is 4.98 Å². The van der Waals surface area contributed by atoms with E-state index in [1.165, 1.54) is 18.4 Å². The second-order valence-corrected chi connectivity index (χ2v) is 4.08. The van der Waals surface area contributed by atoms with E-state index >= 15 is 0 Å². The van der Waals surface area contributed by atoms with E-state index in [1.54, 1.807) is 12.1 Å². The maximum Gasteiger partial charge on any atom is 0.335 e. The van der Waals surface area contributed by atoms with Crippen LogP contribution in [0.15, 0.2) is 24.4 Å². The van der Waals surface area contributed by atoms with Gasteiger partial charge in [-0.1, -0.05) is 0 Å². The number of aromatic carboxylic acids is 1. The number of rotatable bonds is 2. The van der Waals surface area contributed by atoms with Gasteiger partial charge in [0.15, 0.2) is 0 Å². The molecule has 0 amide bonds. The Balaban J connectivity index is 2.21. The first-order valence-corrected chi connectivity index (χ1v) is 5.10. The number of carbonyl (C=O) groups is 1. The molecule has 3 nitrogen and oxygen atoms in total. The lowest BCUT2D eigenvalue weighted by atomic mass is 10.1. The zero-order valence-corrected chi connectivity index (χ0v) is 8.16. The molecular weight excluding hydrogens is 190 g/mol. The Morgan fingerprint density at radius 1 is 1.40 bits per heavy atom. The number of hydrogen-bond donors (Lipinski definition) is 2. The van der Waals surface area contributed by atoms with Gasteiger partial charge < -0.3 is 10.1 Å². The number of hydrogen-bond acceptors (Lipinski definition) is 1. The van der Waals surface area contributed by atoms with Crippen molar-refractivity contribution in [1.29, 1.82) is 0 Å². The Hall–Kier alpha value is -1.77. The Morgan fingerprint density at radius 3 is 2.87 bits per heavy atom. The van der Waals surface area contributed by atoms with Crippen LogP contribution in [0.3, 0.4) is 0 Å². The third-order valence-electron chi connectivity index (χ3n) is 2.98. The molecule has 0 aliphatic heterocycles. The largest absolute Gasteiger partial charge is 0.478 e. The van der Waals surface area contributed by atoms with E-state index in [1.807, 2.05) is 12.3 Å². The summed E-state index contributed by atoms with van der Waals surface area (Å²) in [5, 5.41) is 9.98. The molecule has 1 fully saturated rings. The minimum Gasteiger partial charge on any atom is -0.478 e. The summed E-state index contributed by atoms with van der Waals surface area (Å²) < 4.78 is 0. The summed E-state index contributed by atoms with van der Waals surface area (Å²) in [6.45, 7) is 0. The van der Waals surface area contributed by atoms with E-state index in [0.717, 1.165) is 10.9 Å². The molecule has 0 atom stereocenters. The number of aromatic nitrogens is 1. The van der Waals surface area contributed by atoms with Crippen molar-refractivity contribution in [3.63, 3.8) is 0 Å². The first-order valence-electron chi connectivity index (χ1n) is 5.10. The number of benzene rings is 1. The molecule has 3 rings (SSSR count). The summed E-state index contributed by atoms with van der Waals surface area (Å²) in [5.41, 5.74) is 2.67. The highest BCUT2D eigenvalue weighted by Gasteiger charge is 2.26. The van der Waals surface area contributed by atoms with Crippen molar-refractivity contribution in [2.75, 3.05) is 0 Å². The molecule has 2 aromatic rings. The molecule has 0 radical (unpaired) electrons. The summed E-state index contributed by atoms with van der Waals surface area (Å²) in [5.74, 6) is -0.220. The molecule has 1 aliphatic carbocycles. The van der Waals surface area contributed by atoms with Gasteiger partial charge in [0.25, 0.3) is 0 Å². The second kappa shape index (κ2) is 2.86. The van der Waals surface area contributed by atoms with Crippen LogP contribution >= 0.6 is 0 Å². The molecule has 76 valence electrons. The van der Waals surface area contributed by atoms with Gasteiger partial charge >= 0.3 is 5.97 Å². The topological polar surface area (TPSA) is 53.1 Å². The average molecular weight is 201 g/mol. The van der Waals surface area contributed by atoms with Gasteiger partial charge in [0.2, 0.25) is 0 Å². The van der Waals surface area contributed by atoms with Crippen LogP contribution in [0, 0.1) is 0 Å². The SMILES string of the molecule is O=C(O)c1ccc2[nH]cc(C3CC3)c2c1. The predicted octanol–water partition coefficient (Wildman–Crippen LogP) is 2.74. The average Bonchev–Trinajstić information content (AvgIpc) is 2.98. The molecule has 0 bridgehead atoms. The highest BCUT2D eigenvalue weighted by Crippen LogP contribution is 2.43. The van der Waals surface area contributed by atoms with Crippen LogP contribution in [0.1, 0.15) is 34.7 Å². The molecule has 1 heterocycles. The number of aromatic amines is 1. The predicted molar refractivity (Wildman–Crippen MR) is 57.2 cm³/mol. The van der Waals surface area contributed by atoms with Gasteiger partial charge in [-0.05, 0) is 42.5 Å². The zero-order valence-electron chi connectivity index (χ0n) is 8.16. The normalized spacial score (nSPS) is 15.7. The van der Waals surface area contributed by atoms with Crippen LogP contribution in [0.25, 0.3) is 10.9 Å². The Morgan fingerprint density at radius 2 is 2.20 bits per heavy atom. The van der Waals surface area contributed by atoms with E-state index in [0.29, 0.717) is 11.5 Å². The first kappa shape index (κ1) is 8.53. The minimum atomic E-state index is -0.861. The van der Waals surface area contributed by atoms with Crippen molar-refractivity contribution < 1.29 is 9.90 Å². The molecule has 0 unspecified atom stereocenters. The number of carboxylic acids is 1. The lowest BCUT2D eigenvalue weighted by Gasteiger charge is -1.97. The van der Waals surface area contributed by atoms with Gasteiger partial charge in [-0.2, -0.15) is 0 Å². The molecule has 1 aliphatic rings. The van der Waals surface area contributed by atoms with Crippen LogP contribution in [-0.4, -0.2) is 16.1 Å². The number of H-pyrrole nitrogens is 1. The van der Waals surface area contributed by atoms with E-state index in [2.05, 4.69) is 4.98 Å². The molecule has 0 saturated heterocycles. The van der Waals surface area contributed by atoms with Gasteiger partial charge in [0.05, 0.1) is 5.56 Å². The van der Waals surface area contributed by atoms with Crippen molar-refractivity contribution in [2.24, 2.45) is 0 Å². The summed E-state index contributed by atoms with van der Waals surface area (Å²) >= 11 is 0. The molecule has 1 aromatic heterocycles.